The molecule has 39 heavy (non-hydrogen) atoms. The Morgan fingerprint density at radius 1 is 1.15 bits per heavy atom. The topological polar surface area (TPSA) is 135 Å². The second-order valence-electron chi connectivity index (χ2n) is 9.54. The van der Waals surface area contributed by atoms with Crippen molar-refractivity contribution < 1.29 is 33.9 Å². The summed E-state index contributed by atoms with van der Waals surface area (Å²) in [5.41, 5.74) is 4.75. The van der Waals surface area contributed by atoms with Gasteiger partial charge in [0, 0.05) is 24.2 Å². The van der Waals surface area contributed by atoms with Crippen LogP contribution in [0.25, 0.3) is 11.1 Å². The number of hydrogen-bond acceptors (Lipinski definition) is 8. The lowest BCUT2D eigenvalue weighted by Gasteiger charge is -2.49. The van der Waals surface area contributed by atoms with Crippen molar-refractivity contribution in [3.8, 4) is 11.1 Å². The van der Waals surface area contributed by atoms with E-state index in [4.69, 9.17) is 9.57 Å². The number of carboxylic acids is 1. The standard InChI is InChI=1S/C28H27N3O7S/c1-15(12-38-29-11-22-20-9-5-3-7-18(20)19-8-4-6-10-21(19)22)25(33)30-23-26(34)31-24(28(35)36)17(13-37-16(2)32)14-39-27(23)31/h3-11,15,22-23,27H,12-14H2,1-2H3,(H,30,33)(H,35,36)/b29-11+/t15-,23-,27?/m1/s1. The molecule has 2 amide bonds. The molecule has 2 aliphatic heterocycles. The quantitative estimate of drug-likeness (QED) is 0.211. The number of aliphatic carboxylic acids is 1. The number of fused-ring (bicyclic) bond motifs is 4. The summed E-state index contributed by atoms with van der Waals surface area (Å²) in [6.45, 7) is 2.70. The Kier molecular flexibility index (Phi) is 7.42. The number of β-lactam (4-membered cyclic amide) rings is 1. The van der Waals surface area contributed by atoms with Gasteiger partial charge in [0.15, 0.2) is 0 Å². The summed E-state index contributed by atoms with van der Waals surface area (Å²) >= 11 is 1.31. The molecule has 5 rings (SSSR count). The van der Waals surface area contributed by atoms with Crippen LogP contribution in [-0.2, 0) is 28.8 Å². The molecule has 3 aliphatic rings. The van der Waals surface area contributed by atoms with E-state index < -0.39 is 41.1 Å². The van der Waals surface area contributed by atoms with E-state index >= 15 is 0 Å². The predicted octanol–water partition coefficient (Wildman–Crippen LogP) is 2.74. The average Bonchev–Trinajstić information content (AvgIpc) is 3.25. The van der Waals surface area contributed by atoms with Crippen molar-refractivity contribution in [2.45, 2.75) is 31.2 Å². The lowest BCUT2D eigenvalue weighted by Crippen LogP contribution is -2.71. The molecular formula is C28H27N3O7S. The van der Waals surface area contributed by atoms with Gasteiger partial charge in [-0.25, -0.2) is 4.79 Å². The molecule has 10 nitrogen and oxygen atoms in total. The molecular weight excluding hydrogens is 522 g/mol. The van der Waals surface area contributed by atoms with Crippen molar-refractivity contribution >= 4 is 41.7 Å². The SMILES string of the molecule is CC(=O)OCC1=C(C(=O)O)N2C(=O)[C@@H](NC(=O)[C@H](C)CO/N=C/C3c4ccccc4-c4ccccc43)C2SC1. The van der Waals surface area contributed by atoms with E-state index in [0.29, 0.717) is 5.57 Å². The minimum Gasteiger partial charge on any atom is -0.477 e. The third-order valence-corrected chi connectivity index (χ3v) is 8.28. The molecule has 3 atom stereocenters. The first kappa shape index (κ1) is 26.5. The molecule has 202 valence electrons. The fraction of sp³-hybridized carbons (Fsp3) is 0.321. The molecule has 11 heteroatoms. The van der Waals surface area contributed by atoms with Gasteiger partial charge in [-0.15, -0.1) is 11.8 Å². The van der Waals surface area contributed by atoms with Crippen LogP contribution in [-0.4, -0.2) is 70.4 Å². The van der Waals surface area contributed by atoms with Gasteiger partial charge in [0.25, 0.3) is 5.91 Å². The van der Waals surface area contributed by atoms with E-state index in [1.165, 1.54) is 18.7 Å². The number of esters is 1. The van der Waals surface area contributed by atoms with E-state index in [1.807, 2.05) is 24.3 Å². The van der Waals surface area contributed by atoms with Crippen molar-refractivity contribution in [1.29, 1.82) is 0 Å². The molecule has 2 N–H and O–H groups in total. The van der Waals surface area contributed by atoms with Crippen LogP contribution < -0.4 is 5.32 Å². The average molecular weight is 550 g/mol. The molecule has 2 aromatic carbocycles. The van der Waals surface area contributed by atoms with E-state index in [1.54, 1.807) is 13.1 Å². The van der Waals surface area contributed by atoms with Crippen molar-refractivity contribution in [2.24, 2.45) is 11.1 Å². The highest BCUT2D eigenvalue weighted by Crippen LogP contribution is 2.43. The number of ether oxygens (including phenoxy) is 1. The van der Waals surface area contributed by atoms with Crippen LogP contribution in [0.4, 0.5) is 0 Å². The number of thioether (sulfide) groups is 1. The van der Waals surface area contributed by atoms with Gasteiger partial charge in [-0.3, -0.25) is 19.3 Å². The van der Waals surface area contributed by atoms with Gasteiger partial charge in [-0.2, -0.15) is 0 Å². The lowest BCUT2D eigenvalue weighted by molar-refractivity contribution is -0.151. The number of nitrogens with zero attached hydrogens (tertiary/aromatic N) is 2. The zero-order chi connectivity index (χ0) is 27.7. The number of carboxylic acid groups (broad SMARTS) is 1. The molecule has 1 saturated heterocycles. The normalized spacial score (nSPS) is 20.6. The van der Waals surface area contributed by atoms with E-state index in [9.17, 15) is 24.3 Å². The van der Waals surface area contributed by atoms with Crippen LogP contribution in [0.15, 0.2) is 65.0 Å². The lowest BCUT2D eigenvalue weighted by atomic mass is 9.99. The van der Waals surface area contributed by atoms with Crippen molar-refractivity contribution in [2.75, 3.05) is 19.0 Å². The van der Waals surface area contributed by atoms with Gasteiger partial charge in [0.1, 0.15) is 30.3 Å². The highest BCUT2D eigenvalue weighted by Gasteiger charge is 2.54. The van der Waals surface area contributed by atoms with Gasteiger partial charge in [-0.1, -0.05) is 60.6 Å². The van der Waals surface area contributed by atoms with E-state index in [2.05, 4.69) is 34.7 Å². The summed E-state index contributed by atoms with van der Waals surface area (Å²) in [4.78, 5) is 55.2. The van der Waals surface area contributed by atoms with Gasteiger partial charge in [0.05, 0.1) is 12.1 Å². The van der Waals surface area contributed by atoms with Crippen LogP contribution in [0.2, 0.25) is 0 Å². The third-order valence-electron chi connectivity index (χ3n) is 6.94. The smallest absolute Gasteiger partial charge is 0.352 e. The number of carbonyl (C=O) groups is 4. The van der Waals surface area contributed by atoms with Gasteiger partial charge >= 0.3 is 11.9 Å². The molecule has 0 radical (unpaired) electrons. The van der Waals surface area contributed by atoms with E-state index in [-0.39, 0.29) is 30.6 Å². The fourth-order valence-electron chi connectivity index (χ4n) is 4.97. The Morgan fingerprint density at radius 2 is 1.79 bits per heavy atom. The minimum absolute atomic E-state index is 0.00753. The van der Waals surface area contributed by atoms with Crippen molar-refractivity contribution in [3.05, 3.63) is 70.9 Å². The highest BCUT2D eigenvalue weighted by atomic mass is 32.2. The maximum atomic E-state index is 12.8. The number of nitrogens with one attached hydrogen (secondary N) is 1. The highest BCUT2D eigenvalue weighted by molar-refractivity contribution is 8.00. The number of carbonyl (C=O) groups excluding carboxylic acids is 3. The summed E-state index contributed by atoms with van der Waals surface area (Å²) in [6, 6.07) is 15.4. The minimum atomic E-state index is -1.28. The van der Waals surface area contributed by atoms with Crippen molar-refractivity contribution in [3.63, 3.8) is 0 Å². The predicted molar refractivity (Wildman–Crippen MR) is 144 cm³/mol. The second-order valence-corrected chi connectivity index (χ2v) is 10.6. The van der Waals surface area contributed by atoms with Gasteiger partial charge < -0.3 is 20.0 Å². The number of amides is 2. The summed E-state index contributed by atoms with van der Waals surface area (Å²) < 4.78 is 4.93. The van der Waals surface area contributed by atoms with E-state index in [0.717, 1.165) is 27.2 Å². The Morgan fingerprint density at radius 3 is 2.41 bits per heavy atom. The first-order valence-electron chi connectivity index (χ1n) is 12.4. The monoisotopic (exact) mass is 549 g/mol. The fourth-order valence-corrected chi connectivity index (χ4v) is 6.30. The molecule has 2 aromatic rings. The van der Waals surface area contributed by atoms with Crippen LogP contribution in [0.5, 0.6) is 0 Å². The molecule has 0 spiro atoms. The summed E-state index contributed by atoms with van der Waals surface area (Å²) in [7, 11) is 0. The maximum absolute atomic E-state index is 12.8. The molecule has 1 unspecified atom stereocenters. The molecule has 2 heterocycles. The number of oxime groups is 1. The molecule has 1 aliphatic carbocycles. The summed E-state index contributed by atoms with van der Waals surface area (Å²) in [6.07, 6.45) is 1.73. The van der Waals surface area contributed by atoms with Crippen LogP contribution in [0.1, 0.15) is 30.9 Å². The number of rotatable bonds is 9. The summed E-state index contributed by atoms with van der Waals surface area (Å²) in [5, 5.41) is 16.0. The van der Waals surface area contributed by atoms with Gasteiger partial charge in [-0.05, 0) is 22.3 Å². The van der Waals surface area contributed by atoms with Crippen LogP contribution >= 0.6 is 11.8 Å². The molecule has 0 aromatic heterocycles. The number of benzene rings is 2. The Labute approximate surface area is 229 Å². The van der Waals surface area contributed by atoms with Crippen LogP contribution in [0.3, 0.4) is 0 Å². The Hall–Kier alpha value is -4.12. The maximum Gasteiger partial charge on any atom is 0.352 e. The molecule has 1 fully saturated rings. The number of hydrogen-bond donors (Lipinski definition) is 2. The zero-order valence-corrected chi connectivity index (χ0v) is 22.1. The Balaban J connectivity index is 1.17. The third kappa shape index (κ3) is 5.01. The largest absolute Gasteiger partial charge is 0.477 e. The second kappa shape index (κ2) is 10.9. The molecule has 0 bridgehead atoms. The zero-order valence-electron chi connectivity index (χ0n) is 21.3. The molecule has 0 saturated carbocycles. The van der Waals surface area contributed by atoms with Gasteiger partial charge in [0.2, 0.25) is 5.91 Å². The first-order valence-corrected chi connectivity index (χ1v) is 13.5. The van der Waals surface area contributed by atoms with Crippen molar-refractivity contribution in [1.82, 2.24) is 10.2 Å². The summed E-state index contributed by atoms with van der Waals surface area (Å²) in [5.74, 6) is -3.14. The Bertz CT molecular complexity index is 1360. The first-order chi connectivity index (χ1) is 18.8. The van der Waals surface area contributed by atoms with Crippen LogP contribution in [0, 0.1) is 5.92 Å².